The van der Waals surface area contributed by atoms with E-state index < -0.39 is 0 Å². The molecule has 0 aliphatic carbocycles. The number of hydrogen-bond acceptors (Lipinski definition) is 1. The van der Waals surface area contributed by atoms with Crippen LogP contribution in [0.3, 0.4) is 0 Å². The molecular formula is C17H20N2O. The largest absolute Gasteiger partial charge is 0.326 e. The number of hydrogen-bond donors (Lipinski definition) is 0. The molecule has 1 atom stereocenters. The molecule has 1 fully saturated rings. The Morgan fingerprint density at radius 1 is 1.15 bits per heavy atom. The molecule has 20 heavy (non-hydrogen) atoms. The number of nitrogens with zero attached hydrogens (tertiary/aromatic N) is 2. The van der Waals surface area contributed by atoms with Gasteiger partial charge in [0, 0.05) is 20.1 Å². The molecule has 1 saturated heterocycles. The number of benzene rings is 2. The first-order chi connectivity index (χ1) is 9.70. The first-order valence-corrected chi connectivity index (χ1v) is 7.19. The predicted octanol–water partition coefficient (Wildman–Crippen LogP) is 3.14. The first-order valence-electron chi connectivity index (χ1n) is 7.19. The van der Waals surface area contributed by atoms with Crippen LogP contribution in [0.5, 0.6) is 0 Å². The van der Waals surface area contributed by atoms with Crippen LogP contribution in [0, 0.1) is 0 Å². The number of amides is 2. The van der Waals surface area contributed by atoms with Crippen LogP contribution in [0.25, 0.3) is 10.8 Å². The Balaban J connectivity index is 1.92. The molecule has 3 rings (SSSR count). The summed E-state index contributed by atoms with van der Waals surface area (Å²) in [6.07, 6.45) is 0.922. The van der Waals surface area contributed by atoms with Gasteiger partial charge in [-0.2, -0.15) is 0 Å². The summed E-state index contributed by atoms with van der Waals surface area (Å²) in [5.74, 6) is 0. The number of urea groups is 1. The van der Waals surface area contributed by atoms with E-state index in [1.165, 1.54) is 16.3 Å². The van der Waals surface area contributed by atoms with Gasteiger partial charge in [0.05, 0.1) is 6.04 Å². The molecule has 3 heteroatoms. The number of carbonyl (C=O) groups is 1. The van der Waals surface area contributed by atoms with Crippen molar-refractivity contribution in [1.82, 2.24) is 9.80 Å². The minimum atomic E-state index is 0.151. The topological polar surface area (TPSA) is 23.6 Å². The zero-order chi connectivity index (χ0) is 14.1. The summed E-state index contributed by atoms with van der Waals surface area (Å²) in [5, 5.41) is 2.57. The van der Waals surface area contributed by atoms with Crippen LogP contribution >= 0.6 is 0 Å². The van der Waals surface area contributed by atoms with Gasteiger partial charge >= 0.3 is 6.03 Å². The third kappa shape index (κ3) is 2.13. The number of rotatable bonds is 3. The molecule has 1 unspecified atom stereocenters. The fourth-order valence-electron chi connectivity index (χ4n) is 3.16. The minimum absolute atomic E-state index is 0.151. The molecular weight excluding hydrogens is 248 g/mol. The van der Waals surface area contributed by atoms with Crippen LogP contribution in [0.2, 0.25) is 0 Å². The highest BCUT2D eigenvalue weighted by molar-refractivity contribution is 5.86. The van der Waals surface area contributed by atoms with Crippen molar-refractivity contribution in [2.75, 3.05) is 20.1 Å². The van der Waals surface area contributed by atoms with Gasteiger partial charge < -0.3 is 9.80 Å². The summed E-state index contributed by atoms with van der Waals surface area (Å²) in [6, 6.07) is 15.3. The summed E-state index contributed by atoms with van der Waals surface area (Å²) in [7, 11) is 1.88. The fraction of sp³-hybridized carbons (Fsp3) is 0.353. The van der Waals surface area contributed by atoms with Gasteiger partial charge in [0.2, 0.25) is 0 Å². The standard InChI is InChI=1S/C17H20N2O/c1-3-19-15(12-18(2)17(19)20)11-14-9-6-8-13-7-4-5-10-16(13)14/h4-10,15H,3,11-12H2,1-2H3. The molecule has 2 aromatic carbocycles. The average Bonchev–Trinajstić information content (AvgIpc) is 2.74. The Hall–Kier alpha value is -2.03. The molecule has 0 N–H and O–H groups in total. The van der Waals surface area contributed by atoms with Crippen molar-refractivity contribution in [3.8, 4) is 0 Å². The van der Waals surface area contributed by atoms with E-state index in [0.29, 0.717) is 0 Å². The number of fused-ring (bicyclic) bond motifs is 1. The zero-order valence-electron chi connectivity index (χ0n) is 12.0. The average molecular weight is 268 g/mol. The van der Waals surface area contributed by atoms with E-state index in [1.54, 1.807) is 0 Å². The third-order valence-electron chi connectivity index (χ3n) is 4.17. The van der Waals surface area contributed by atoms with Crippen LogP contribution in [0.1, 0.15) is 12.5 Å². The van der Waals surface area contributed by atoms with Gasteiger partial charge in [0.15, 0.2) is 0 Å². The van der Waals surface area contributed by atoms with Gasteiger partial charge in [0.1, 0.15) is 0 Å². The lowest BCUT2D eigenvalue weighted by molar-refractivity contribution is 0.193. The van der Waals surface area contributed by atoms with Gasteiger partial charge in [-0.05, 0) is 29.7 Å². The second-order valence-electron chi connectivity index (χ2n) is 5.45. The van der Waals surface area contributed by atoms with E-state index >= 15 is 0 Å². The monoisotopic (exact) mass is 268 g/mol. The van der Waals surface area contributed by atoms with Gasteiger partial charge in [-0.25, -0.2) is 4.79 Å². The second-order valence-corrected chi connectivity index (χ2v) is 5.45. The van der Waals surface area contributed by atoms with Gasteiger partial charge in [0.25, 0.3) is 0 Å². The Morgan fingerprint density at radius 2 is 1.90 bits per heavy atom. The van der Waals surface area contributed by atoms with Crippen LogP contribution in [-0.4, -0.2) is 42.0 Å². The van der Waals surface area contributed by atoms with Crippen LogP contribution in [0.15, 0.2) is 42.5 Å². The molecule has 1 aliphatic rings. The molecule has 3 nitrogen and oxygen atoms in total. The highest BCUT2D eigenvalue weighted by Gasteiger charge is 2.33. The van der Waals surface area contributed by atoms with Gasteiger partial charge in [-0.3, -0.25) is 0 Å². The minimum Gasteiger partial charge on any atom is -0.326 e. The van der Waals surface area contributed by atoms with Crippen molar-refractivity contribution in [2.24, 2.45) is 0 Å². The zero-order valence-corrected chi connectivity index (χ0v) is 12.0. The number of carbonyl (C=O) groups excluding carboxylic acids is 1. The molecule has 0 saturated carbocycles. The van der Waals surface area contributed by atoms with Crippen molar-refractivity contribution in [1.29, 1.82) is 0 Å². The van der Waals surface area contributed by atoms with E-state index in [-0.39, 0.29) is 12.1 Å². The first kappa shape index (κ1) is 13.0. The van der Waals surface area contributed by atoms with Crippen LogP contribution in [0.4, 0.5) is 4.79 Å². The lowest BCUT2D eigenvalue weighted by Gasteiger charge is -2.22. The summed E-state index contributed by atoms with van der Waals surface area (Å²) in [6.45, 7) is 3.64. The Kier molecular flexibility index (Phi) is 3.35. The second kappa shape index (κ2) is 5.16. The molecule has 104 valence electrons. The van der Waals surface area contributed by atoms with Crippen LogP contribution < -0.4 is 0 Å². The number of likely N-dealkylation sites (N-methyl/N-ethyl adjacent to an activating group) is 2. The molecule has 0 bridgehead atoms. The maximum absolute atomic E-state index is 12.1. The van der Waals surface area contributed by atoms with E-state index in [1.807, 2.05) is 23.8 Å². The highest BCUT2D eigenvalue weighted by Crippen LogP contribution is 2.23. The summed E-state index contributed by atoms with van der Waals surface area (Å²) < 4.78 is 0. The molecule has 2 aromatic rings. The summed E-state index contributed by atoms with van der Waals surface area (Å²) in [4.78, 5) is 15.8. The summed E-state index contributed by atoms with van der Waals surface area (Å²) in [5.41, 5.74) is 1.33. The van der Waals surface area contributed by atoms with Crippen molar-refractivity contribution in [2.45, 2.75) is 19.4 Å². The lowest BCUT2D eigenvalue weighted by Crippen LogP contribution is -2.35. The van der Waals surface area contributed by atoms with E-state index in [0.717, 1.165) is 19.5 Å². The molecule has 2 amide bonds. The summed E-state index contributed by atoms with van der Waals surface area (Å²) >= 11 is 0. The highest BCUT2D eigenvalue weighted by atomic mass is 16.2. The maximum atomic E-state index is 12.1. The predicted molar refractivity (Wildman–Crippen MR) is 81.8 cm³/mol. The quantitative estimate of drug-likeness (QED) is 0.839. The Labute approximate surface area is 119 Å². The van der Waals surface area contributed by atoms with E-state index in [4.69, 9.17) is 0 Å². The van der Waals surface area contributed by atoms with E-state index in [2.05, 4.69) is 42.5 Å². The Bertz CT molecular complexity index is 632. The molecule has 0 spiro atoms. The van der Waals surface area contributed by atoms with Gasteiger partial charge in [-0.1, -0.05) is 42.5 Å². The molecule has 0 aromatic heterocycles. The van der Waals surface area contributed by atoms with Crippen LogP contribution in [-0.2, 0) is 6.42 Å². The van der Waals surface area contributed by atoms with Crippen molar-refractivity contribution in [3.05, 3.63) is 48.0 Å². The van der Waals surface area contributed by atoms with Crippen molar-refractivity contribution >= 4 is 16.8 Å². The maximum Gasteiger partial charge on any atom is 0.320 e. The third-order valence-corrected chi connectivity index (χ3v) is 4.17. The Morgan fingerprint density at radius 3 is 2.70 bits per heavy atom. The SMILES string of the molecule is CCN1C(=O)N(C)CC1Cc1cccc2ccccc12. The van der Waals surface area contributed by atoms with E-state index in [9.17, 15) is 4.79 Å². The smallest absolute Gasteiger partial charge is 0.320 e. The van der Waals surface area contributed by atoms with Gasteiger partial charge in [-0.15, -0.1) is 0 Å². The molecule has 0 radical (unpaired) electrons. The normalized spacial score (nSPS) is 19.1. The fourth-order valence-corrected chi connectivity index (χ4v) is 3.16. The molecule has 1 heterocycles. The van der Waals surface area contributed by atoms with Crippen molar-refractivity contribution < 1.29 is 4.79 Å². The lowest BCUT2D eigenvalue weighted by atomic mass is 9.98. The van der Waals surface area contributed by atoms with Crippen molar-refractivity contribution in [3.63, 3.8) is 0 Å². The molecule has 1 aliphatic heterocycles.